The predicted octanol–water partition coefficient (Wildman–Crippen LogP) is 3.01. The number of rotatable bonds is 7. The number of nitrogens with two attached hydrogens (primary N) is 1. The number of esters is 1. The number of ether oxygens (including phenoxy) is 2. The Morgan fingerprint density at radius 1 is 1.26 bits per heavy atom. The second-order valence-electron chi connectivity index (χ2n) is 5.52. The largest absolute Gasteiger partial charge is 0.465 e. The fourth-order valence-corrected chi connectivity index (χ4v) is 2.30. The molecule has 0 fully saturated rings. The highest BCUT2D eigenvalue weighted by atomic mass is 35.5. The molecule has 0 spiro atoms. The normalized spacial score (nSPS) is 11.8. The molecule has 3 rings (SSSR count). The zero-order valence-corrected chi connectivity index (χ0v) is 15.2. The smallest absolute Gasteiger partial charge is 0.323 e. The van der Waals surface area contributed by atoms with Gasteiger partial charge in [-0.05, 0) is 37.3 Å². The van der Waals surface area contributed by atoms with Gasteiger partial charge in [0.25, 0.3) is 5.89 Å². The number of halogens is 1. The van der Waals surface area contributed by atoms with Crippen molar-refractivity contribution in [2.24, 2.45) is 5.73 Å². The molecule has 0 saturated carbocycles. The van der Waals surface area contributed by atoms with Gasteiger partial charge in [-0.1, -0.05) is 16.8 Å². The van der Waals surface area contributed by atoms with Crippen LogP contribution in [0.25, 0.3) is 11.5 Å². The molecular weight excluding hydrogens is 372 g/mol. The van der Waals surface area contributed by atoms with Crippen molar-refractivity contribution in [3.63, 3.8) is 0 Å². The van der Waals surface area contributed by atoms with Crippen molar-refractivity contribution in [3.05, 3.63) is 53.4 Å². The van der Waals surface area contributed by atoms with Crippen molar-refractivity contribution < 1.29 is 18.8 Å². The first-order valence-electron chi connectivity index (χ1n) is 8.20. The summed E-state index contributed by atoms with van der Waals surface area (Å²) in [6, 6.07) is 9.58. The van der Waals surface area contributed by atoms with Crippen LogP contribution in [0.15, 0.2) is 47.1 Å². The van der Waals surface area contributed by atoms with E-state index in [4.69, 9.17) is 31.3 Å². The third kappa shape index (κ3) is 5.02. The summed E-state index contributed by atoms with van der Waals surface area (Å²) in [6.45, 7) is 1.98. The molecule has 9 heteroatoms. The van der Waals surface area contributed by atoms with Gasteiger partial charge in [-0.3, -0.25) is 4.79 Å². The summed E-state index contributed by atoms with van der Waals surface area (Å²) in [5.41, 5.74) is 6.46. The van der Waals surface area contributed by atoms with Gasteiger partial charge in [-0.15, -0.1) is 0 Å². The van der Waals surface area contributed by atoms with E-state index >= 15 is 0 Å². The SMILES string of the molecule is CCOC(=O)C(N)Cc1noc(-c2ccc(Oc3ccc(Cl)cn3)cc2)n1. The molecule has 2 aromatic heterocycles. The monoisotopic (exact) mass is 388 g/mol. The van der Waals surface area contributed by atoms with Crippen molar-refractivity contribution in [2.75, 3.05) is 6.61 Å². The minimum atomic E-state index is -0.835. The summed E-state index contributed by atoms with van der Waals surface area (Å²) >= 11 is 5.79. The Bertz CT molecular complexity index is 896. The highest BCUT2D eigenvalue weighted by Crippen LogP contribution is 2.24. The van der Waals surface area contributed by atoms with Gasteiger partial charge in [0.2, 0.25) is 5.88 Å². The van der Waals surface area contributed by atoms with E-state index in [0.29, 0.717) is 33.9 Å². The molecule has 27 heavy (non-hydrogen) atoms. The van der Waals surface area contributed by atoms with E-state index in [1.807, 2.05) is 0 Å². The molecular formula is C18H17ClN4O4. The average molecular weight is 389 g/mol. The van der Waals surface area contributed by atoms with Gasteiger partial charge < -0.3 is 19.7 Å². The van der Waals surface area contributed by atoms with Gasteiger partial charge in [0.05, 0.1) is 11.6 Å². The number of carbonyl (C=O) groups excluding carboxylic acids is 1. The van der Waals surface area contributed by atoms with E-state index in [9.17, 15) is 4.79 Å². The minimum Gasteiger partial charge on any atom is -0.465 e. The molecule has 2 heterocycles. The summed E-state index contributed by atoms with van der Waals surface area (Å²) < 4.78 is 15.7. The van der Waals surface area contributed by atoms with Crippen molar-refractivity contribution in [3.8, 4) is 23.1 Å². The zero-order valence-electron chi connectivity index (χ0n) is 14.5. The van der Waals surface area contributed by atoms with Gasteiger partial charge in [-0.25, -0.2) is 4.98 Å². The molecule has 140 valence electrons. The van der Waals surface area contributed by atoms with Crippen molar-refractivity contribution in [1.82, 2.24) is 15.1 Å². The van der Waals surface area contributed by atoms with Gasteiger partial charge in [0.1, 0.15) is 11.8 Å². The van der Waals surface area contributed by atoms with Crippen LogP contribution in [0.1, 0.15) is 12.7 Å². The molecule has 8 nitrogen and oxygen atoms in total. The highest BCUT2D eigenvalue weighted by molar-refractivity contribution is 6.30. The Morgan fingerprint density at radius 3 is 2.70 bits per heavy atom. The molecule has 3 aromatic rings. The Morgan fingerprint density at radius 2 is 2.04 bits per heavy atom. The Balaban J connectivity index is 1.64. The lowest BCUT2D eigenvalue weighted by Crippen LogP contribution is -2.34. The molecule has 2 N–H and O–H groups in total. The van der Waals surface area contributed by atoms with E-state index in [1.165, 1.54) is 6.20 Å². The lowest BCUT2D eigenvalue weighted by Gasteiger charge is -2.07. The van der Waals surface area contributed by atoms with E-state index in [1.54, 1.807) is 43.3 Å². The first-order chi connectivity index (χ1) is 13.0. The van der Waals surface area contributed by atoms with Crippen LogP contribution in [0.3, 0.4) is 0 Å². The lowest BCUT2D eigenvalue weighted by molar-refractivity contribution is -0.144. The molecule has 1 aromatic carbocycles. The molecule has 0 aliphatic carbocycles. The second-order valence-corrected chi connectivity index (χ2v) is 5.96. The van der Waals surface area contributed by atoms with Crippen LogP contribution in [0.5, 0.6) is 11.6 Å². The summed E-state index contributed by atoms with van der Waals surface area (Å²) in [7, 11) is 0. The van der Waals surface area contributed by atoms with Crippen LogP contribution < -0.4 is 10.5 Å². The standard InChI is InChI=1S/C18H17ClN4O4/c1-2-25-18(24)14(20)9-15-22-17(27-23-15)11-3-6-13(7-4-11)26-16-8-5-12(19)10-21-16/h3-8,10,14H,2,9,20H2,1H3. The van der Waals surface area contributed by atoms with E-state index in [-0.39, 0.29) is 13.0 Å². The lowest BCUT2D eigenvalue weighted by atomic mass is 10.2. The van der Waals surface area contributed by atoms with Gasteiger partial charge in [-0.2, -0.15) is 4.98 Å². The predicted molar refractivity (Wildman–Crippen MR) is 97.4 cm³/mol. The zero-order chi connectivity index (χ0) is 19.2. The molecule has 1 unspecified atom stereocenters. The van der Waals surface area contributed by atoms with Crippen LogP contribution in [0.2, 0.25) is 5.02 Å². The number of carbonyl (C=O) groups is 1. The summed E-state index contributed by atoms with van der Waals surface area (Å²) in [5.74, 6) is 1.17. The summed E-state index contributed by atoms with van der Waals surface area (Å²) in [4.78, 5) is 19.9. The van der Waals surface area contributed by atoms with Crippen molar-refractivity contribution >= 4 is 17.6 Å². The van der Waals surface area contributed by atoms with Gasteiger partial charge in [0, 0.05) is 24.2 Å². The fourth-order valence-electron chi connectivity index (χ4n) is 2.19. The maximum absolute atomic E-state index is 11.6. The summed E-state index contributed by atoms with van der Waals surface area (Å²) in [6.07, 6.45) is 1.64. The summed E-state index contributed by atoms with van der Waals surface area (Å²) in [5, 5.41) is 4.38. The number of benzene rings is 1. The molecule has 0 amide bonds. The third-order valence-corrected chi connectivity index (χ3v) is 3.71. The van der Waals surface area contributed by atoms with Crippen LogP contribution in [0.4, 0.5) is 0 Å². The fraction of sp³-hybridized carbons (Fsp3) is 0.222. The van der Waals surface area contributed by atoms with Crippen LogP contribution in [0, 0.1) is 0 Å². The second kappa shape index (κ2) is 8.61. The van der Waals surface area contributed by atoms with Gasteiger partial charge >= 0.3 is 5.97 Å². The van der Waals surface area contributed by atoms with E-state index in [0.717, 1.165) is 0 Å². The Kier molecular flexibility index (Phi) is 6.00. The van der Waals surface area contributed by atoms with E-state index in [2.05, 4.69) is 15.1 Å². The number of nitrogens with zero attached hydrogens (tertiary/aromatic N) is 3. The van der Waals surface area contributed by atoms with Crippen molar-refractivity contribution in [2.45, 2.75) is 19.4 Å². The number of aromatic nitrogens is 3. The highest BCUT2D eigenvalue weighted by Gasteiger charge is 2.19. The first kappa shape index (κ1) is 18.8. The molecule has 0 aliphatic rings. The number of hydrogen-bond donors (Lipinski definition) is 1. The molecule has 1 atom stereocenters. The maximum atomic E-state index is 11.6. The topological polar surface area (TPSA) is 113 Å². The molecule has 0 aliphatic heterocycles. The minimum absolute atomic E-state index is 0.131. The molecule has 0 saturated heterocycles. The molecule has 0 radical (unpaired) electrons. The maximum Gasteiger partial charge on any atom is 0.323 e. The van der Waals surface area contributed by atoms with Gasteiger partial charge in [0.15, 0.2) is 5.82 Å². The Hall–Kier alpha value is -2.97. The van der Waals surface area contributed by atoms with E-state index < -0.39 is 12.0 Å². The molecule has 0 bridgehead atoms. The van der Waals surface area contributed by atoms with Crippen LogP contribution in [-0.4, -0.2) is 33.7 Å². The quantitative estimate of drug-likeness (QED) is 0.614. The number of pyridine rings is 1. The third-order valence-electron chi connectivity index (χ3n) is 3.48. The first-order valence-corrected chi connectivity index (χ1v) is 8.57. The van der Waals surface area contributed by atoms with Crippen LogP contribution >= 0.6 is 11.6 Å². The average Bonchev–Trinajstić information content (AvgIpc) is 3.13. The Labute approximate surface area is 160 Å². The van der Waals surface area contributed by atoms with Crippen LogP contribution in [-0.2, 0) is 16.0 Å². The van der Waals surface area contributed by atoms with Crippen molar-refractivity contribution in [1.29, 1.82) is 0 Å². The number of hydrogen-bond acceptors (Lipinski definition) is 8.